The van der Waals surface area contributed by atoms with Gasteiger partial charge in [-0.3, -0.25) is 0 Å². The molecule has 0 saturated heterocycles. The lowest BCUT2D eigenvalue weighted by atomic mass is 9.98. The summed E-state index contributed by atoms with van der Waals surface area (Å²) in [5.74, 6) is 0.975. The molecule has 1 aliphatic carbocycles. The number of rotatable bonds is 9. The lowest BCUT2D eigenvalue weighted by Gasteiger charge is -2.12. The summed E-state index contributed by atoms with van der Waals surface area (Å²) < 4.78 is 16.1. The lowest BCUT2D eigenvalue weighted by Crippen LogP contribution is -2.07. The SMILES string of the molecule is CC.CCCCCCCCn1c(Cc2cc3c(cc2C)CCC3)nc2c(C)nc(F)nc21. The predicted molar refractivity (Wildman–Crippen MR) is 131 cm³/mol. The van der Waals surface area contributed by atoms with Gasteiger partial charge in [-0.25, -0.2) is 9.97 Å². The molecule has 0 saturated carbocycles. The van der Waals surface area contributed by atoms with E-state index < -0.39 is 6.08 Å². The van der Waals surface area contributed by atoms with E-state index in [0.717, 1.165) is 30.7 Å². The van der Waals surface area contributed by atoms with Gasteiger partial charge in [-0.2, -0.15) is 9.37 Å². The third kappa shape index (κ3) is 5.54. The fraction of sp³-hybridized carbons (Fsp3) is 0.593. The lowest BCUT2D eigenvalue weighted by molar-refractivity contribution is 0.529. The summed E-state index contributed by atoms with van der Waals surface area (Å²) in [7, 11) is 0. The molecule has 0 fully saturated rings. The zero-order chi connectivity index (χ0) is 23.1. The van der Waals surface area contributed by atoms with Crippen LogP contribution in [0.3, 0.4) is 0 Å². The van der Waals surface area contributed by atoms with E-state index in [1.165, 1.54) is 73.6 Å². The number of aromatic nitrogens is 4. The monoisotopic (exact) mass is 438 g/mol. The van der Waals surface area contributed by atoms with Crippen molar-refractivity contribution in [2.24, 2.45) is 0 Å². The van der Waals surface area contributed by atoms with Crippen LogP contribution in [0.1, 0.15) is 99.5 Å². The highest BCUT2D eigenvalue weighted by molar-refractivity contribution is 5.73. The number of halogens is 1. The first kappa shape index (κ1) is 24.3. The van der Waals surface area contributed by atoms with Gasteiger partial charge in [-0.05, 0) is 61.8 Å². The average Bonchev–Trinajstić information content (AvgIpc) is 3.37. The van der Waals surface area contributed by atoms with Crippen LogP contribution < -0.4 is 0 Å². The smallest absolute Gasteiger partial charge is 0.310 e. The van der Waals surface area contributed by atoms with Gasteiger partial charge in [-0.15, -0.1) is 0 Å². The van der Waals surface area contributed by atoms with Gasteiger partial charge >= 0.3 is 6.08 Å². The fourth-order valence-corrected chi connectivity index (χ4v) is 4.73. The number of aryl methyl sites for hydroxylation is 5. The van der Waals surface area contributed by atoms with Crippen LogP contribution in [0.4, 0.5) is 4.39 Å². The van der Waals surface area contributed by atoms with E-state index in [1.807, 2.05) is 20.8 Å². The molecule has 0 atom stereocenters. The maximum atomic E-state index is 14.0. The Bertz CT molecular complexity index is 1040. The number of fused-ring (bicyclic) bond motifs is 2. The van der Waals surface area contributed by atoms with Crippen molar-refractivity contribution in [3.05, 3.63) is 52.0 Å². The van der Waals surface area contributed by atoms with E-state index in [1.54, 1.807) is 0 Å². The van der Waals surface area contributed by atoms with Gasteiger partial charge in [0.25, 0.3) is 0 Å². The van der Waals surface area contributed by atoms with E-state index in [0.29, 0.717) is 11.3 Å². The van der Waals surface area contributed by atoms with Crippen LogP contribution in [0, 0.1) is 19.9 Å². The number of unbranched alkanes of at least 4 members (excludes halogenated alkanes) is 5. The molecule has 0 amide bonds. The Labute approximate surface area is 192 Å². The second-order valence-corrected chi connectivity index (χ2v) is 8.78. The van der Waals surface area contributed by atoms with Gasteiger partial charge in [0.1, 0.15) is 11.3 Å². The summed E-state index contributed by atoms with van der Waals surface area (Å²) in [6.45, 7) is 11.1. The Morgan fingerprint density at radius 1 is 0.906 bits per heavy atom. The third-order valence-corrected chi connectivity index (χ3v) is 6.45. The summed E-state index contributed by atoms with van der Waals surface area (Å²) >= 11 is 0. The standard InChI is InChI=1S/C25H33FN4.C2H6/c1-4-5-6-7-8-9-13-30-22(28-23-18(3)27-25(26)29-24(23)30)16-21-15-20-12-10-11-19(20)14-17(21)2;1-2/h14-15H,4-13,16H2,1-3H3;1-2H3. The van der Waals surface area contributed by atoms with Crippen molar-refractivity contribution >= 4 is 11.2 Å². The predicted octanol–water partition coefficient (Wildman–Crippen LogP) is 7.05. The van der Waals surface area contributed by atoms with Crippen LogP contribution >= 0.6 is 0 Å². The number of hydrogen-bond donors (Lipinski definition) is 0. The highest BCUT2D eigenvalue weighted by Crippen LogP contribution is 2.28. The van der Waals surface area contributed by atoms with E-state index in [4.69, 9.17) is 4.98 Å². The molecule has 1 aromatic carbocycles. The number of nitrogens with zero attached hydrogens (tertiary/aromatic N) is 4. The van der Waals surface area contributed by atoms with Crippen LogP contribution in [-0.4, -0.2) is 19.5 Å². The summed E-state index contributed by atoms with van der Waals surface area (Å²) in [6.07, 6.45) is 11.1. The van der Waals surface area contributed by atoms with Gasteiger partial charge in [0.15, 0.2) is 5.65 Å². The van der Waals surface area contributed by atoms with Crippen LogP contribution in [0.2, 0.25) is 0 Å². The number of benzene rings is 1. The minimum Gasteiger partial charge on any atom is -0.312 e. The highest BCUT2D eigenvalue weighted by Gasteiger charge is 2.19. The Hall–Kier alpha value is -2.30. The minimum absolute atomic E-state index is 0.617. The summed E-state index contributed by atoms with van der Waals surface area (Å²) in [5.41, 5.74) is 7.62. The molecule has 3 aromatic rings. The van der Waals surface area contributed by atoms with Gasteiger partial charge in [0.2, 0.25) is 0 Å². The van der Waals surface area contributed by atoms with Crippen molar-refractivity contribution in [2.75, 3.05) is 0 Å². The maximum Gasteiger partial charge on any atom is 0.310 e. The highest BCUT2D eigenvalue weighted by atomic mass is 19.1. The Balaban J connectivity index is 0.00000141. The van der Waals surface area contributed by atoms with E-state index in [2.05, 4.69) is 40.5 Å². The van der Waals surface area contributed by atoms with E-state index in [9.17, 15) is 4.39 Å². The van der Waals surface area contributed by atoms with Crippen LogP contribution in [0.15, 0.2) is 12.1 Å². The molecule has 32 heavy (non-hydrogen) atoms. The van der Waals surface area contributed by atoms with Crippen LogP contribution in [0.5, 0.6) is 0 Å². The molecule has 2 aromatic heterocycles. The van der Waals surface area contributed by atoms with E-state index >= 15 is 0 Å². The van der Waals surface area contributed by atoms with Crippen molar-refractivity contribution in [1.82, 2.24) is 19.5 Å². The van der Waals surface area contributed by atoms with Crippen molar-refractivity contribution in [2.45, 2.75) is 105 Å². The molecule has 5 heteroatoms. The number of hydrogen-bond acceptors (Lipinski definition) is 3. The van der Waals surface area contributed by atoms with Gasteiger partial charge in [0.05, 0.1) is 5.69 Å². The summed E-state index contributed by atoms with van der Waals surface area (Å²) in [5, 5.41) is 0. The third-order valence-electron chi connectivity index (χ3n) is 6.45. The summed E-state index contributed by atoms with van der Waals surface area (Å²) in [4.78, 5) is 12.9. The second-order valence-electron chi connectivity index (χ2n) is 8.78. The molecule has 4 nitrogen and oxygen atoms in total. The van der Waals surface area contributed by atoms with Crippen molar-refractivity contribution < 1.29 is 4.39 Å². The fourth-order valence-electron chi connectivity index (χ4n) is 4.73. The van der Waals surface area contributed by atoms with E-state index in [-0.39, 0.29) is 0 Å². The minimum atomic E-state index is -0.663. The van der Waals surface area contributed by atoms with Crippen molar-refractivity contribution in [1.29, 1.82) is 0 Å². The van der Waals surface area contributed by atoms with Crippen molar-refractivity contribution in [3.63, 3.8) is 0 Å². The number of imidazole rings is 1. The molecular formula is C27H39FN4. The first-order valence-electron chi connectivity index (χ1n) is 12.6. The maximum absolute atomic E-state index is 14.0. The normalized spacial score (nSPS) is 12.7. The molecule has 0 radical (unpaired) electrons. The Morgan fingerprint density at radius 2 is 1.59 bits per heavy atom. The van der Waals surface area contributed by atoms with Gasteiger partial charge in [0, 0.05) is 13.0 Å². The largest absolute Gasteiger partial charge is 0.312 e. The van der Waals surface area contributed by atoms with Gasteiger partial charge in [-0.1, -0.05) is 65.0 Å². The molecule has 1 aliphatic rings. The van der Waals surface area contributed by atoms with Crippen LogP contribution in [0.25, 0.3) is 11.2 Å². The molecule has 0 aliphatic heterocycles. The Morgan fingerprint density at radius 3 is 2.34 bits per heavy atom. The second kappa shape index (κ2) is 11.5. The quantitative estimate of drug-likeness (QED) is 0.266. The molecule has 0 N–H and O–H groups in total. The first-order valence-corrected chi connectivity index (χ1v) is 12.6. The zero-order valence-corrected chi connectivity index (χ0v) is 20.6. The van der Waals surface area contributed by atoms with Gasteiger partial charge < -0.3 is 4.57 Å². The molecule has 0 bridgehead atoms. The summed E-state index contributed by atoms with van der Waals surface area (Å²) in [6, 6.07) is 4.72. The molecule has 0 unspecified atom stereocenters. The first-order chi connectivity index (χ1) is 15.6. The zero-order valence-electron chi connectivity index (χ0n) is 20.6. The van der Waals surface area contributed by atoms with Crippen LogP contribution in [-0.2, 0) is 25.8 Å². The van der Waals surface area contributed by atoms with Crippen molar-refractivity contribution in [3.8, 4) is 0 Å². The topological polar surface area (TPSA) is 43.6 Å². The Kier molecular flexibility index (Phi) is 8.77. The molecule has 2 heterocycles. The molecule has 174 valence electrons. The average molecular weight is 439 g/mol. The molecule has 4 rings (SSSR count). The molecular weight excluding hydrogens is 399 g/mol. The molecule has 0 spiro atoms.